The van der Waals surface area contributed by atoms with Gasteiger partial charge in [-0.2, -0.15) is 0 Å². The predicted octanol–water partition coefficient (Wildman–Crippen LogP) is 3.00. The quantitative estimate of drug-likeness (QED) is 0.600. The van der Waals surface area contributed by atoms with Crippen molar-refractivity contribution in [1.29, 1.82) is 0 Å². The number of unbranched alkanes of at least 4 members (excludes halogenated alkanes) is 1. The van der Waals surface area contributed by atoms with Crippen LogP contribution in [-0.2, 0) is 0 Å². The van der Waals surface area contributed by atoms with Gasteiger partial charge in [-0.25, -0.2) is 0 Å². The molecule has 0 bridgehead atoms. The third kappa shape index (κ3) is 3.57. The van der Waals surface area contributed by atoms with Crippen molar-refractivity contribution in [3.8, 4) is 12.3 Å². The molecule has 0 spiro atoms. The maximum absolute atomic E-state index is 5.41. The molecule has 0 radical (unpaired) electrons. The van der Waals surface area contributed by atoms with E-state index in [1.807, 2.05) is 0 Å². The summed E-state index contributed by atoms with van der Waals surface area (Å²) in [6.07, 6.45) is 15.5. The van der Waals surface area contributed by atoms with Gasteiger partial charge in [0.1, 0.15) is 0 Å². The first-order valence-electron chi connectivity index (χ1n) is 5.82. The highest BCUT2D eigenvalue weighted by Crippen LogP contribution is 2.19. The van der Waals surface area contributed by atoms with E-state index in [-0.39, 0.29) is 0 Å². The highest BCUT2D eigenvalue weighted by atomic mass is 15.1. The van der Waals surface area contributed by atoms with E-state index in [1.54, 1.807) is 0 Å². The third-order valence-corrected chi connectivity index (χ3v) is 2.98. The summed E-state index contributed by atoms with van der Waals surface area (Å²) >= 11 is 0. The zero-order chi connectivity index (χ0) is 11.1. The fraction of sp³-hybridized carbons (Fsp3) is 0.571. The SMILES string of the molecule is C#CCN(CCCC)C(C)C1=CC=CC1. The van der Waals surface area contributed by atoms with E-state index in [0.29, 0.717) is 6.04 Å². The molecule has 1 atom stereocenters. The zero-order valence-electron chi connectivity index (χ0n) is 9.87. The summed E-state index contributed by atoms with van der Waals surface area (Å²) in [5, 5.41) is 0. The van der Waals surface area contributed by atoms with Crippen molar-refractivity contribution < 1.29 is 0 Å². The molecule has 0 aromatic rings. The highest BCUT2D eigenvalue weighted by molar-refractivity contribution is 5.27. The lowest BCUT2D eigenvalue weighted by Gasteiger charge is -2.28. The Hall–Kier alpha value is -1.00. The second-order valence-electron chi connectivity index (χ2n) is 4.08. The molecule has 0 heterocycles. The van der Waals surface area contributed by atoms with Crippen molar-refractivity contribution in [1.82, 2.24) is 4.90 Å². The fourth-order valence-corrected chi connectivity index (χ4v) is 1.90. The van der Waals surface area contributed by atoms with E-state index in [9.17, 15) is 0 Å². The Kier molecular flexibility index (Phi) is 5.21. The molecule has 1 rings (SSSR count). The normalized spacial score (nSPS) is 16.5. The van der Waals surface area contributed by atoms with Crippen LogP contribution in [-0.4, -0.2) is 24.0 Å². The second kappa shape index (κ2) is 6.48. The fourth-order valence-electron chi connectivity index (χ4n) is 1.90. The zero-order valence-corrected chi connectivity index (χ0v) is 9.87. The number of hydrogen-bond donors (Lipinski definition) is 0. The summed E-state index contributed by atoms with van der Waals surface area (Å²) < 4.78 is 0. The van der Waals surface area contributed by atoms with Gasteiger partial charge in [0, 0.05) is 6.04 Å². The largest absolute Gasteiger partial charge is 0.286 e. The van der Waals surface area contributed by atoms with Crippen LogP contribution in [0.5, 0.6) is 0 Å². The number of rotatable bonds is 6. The number of allylic oxidation sites excluding steroid dienone is 3. The summed E-state index contributed by atoms with van der Waals surface area (Å²) in [5.74, 6) is 2.76. The Balaban J connectivity index is 2.50. The molecule has 0 saturated carbocycles. The Morgan fingerprint density at radius 3 is 2.93 bits per heavy atom. The van der Waals surface area contributed by atoms with Crippen molar-refractivity contribution in [2.45, 2.75) is 39.2 Å². The Morgan fingerprint density at radius 1 is 1.60 bits per heavy atom. The molecular formula is C14H21N. The van der Waals surface area contributed by atoms with Crippen LogP contribution >= 0.6 is 0 Å². The van der Waals surface area contributed by atoms with Gasteiger partial charge in [0.25, 0.3) is 0 Å². The minimum absolute atomic E-state index is 0.489. The van der Waals surface area contributed by atoms with Crippen LogP contribution < -0.4 is 0 Å². The van der Waals surface area contributed by atoms with Crippen LogP contribution in [0.15, 0.2) is 23.8 Å². The van der Waals surface area contributed by atoms with E-state index in [4.69, 9.17) is 6.42 Å². The number of terminal acetylenes is 1. The molecule has 1 aliphatic carbocycles. The monoisotopic (exact) mass is 203 g/mol. The van der Waals surface area contributed by atoms with Gasteiger partial charge in [-0.05, 0) is 31.9 Å². The van der Waals surface area contributed by atoms with Gasteiger partial charge in [0.15, 0.2) is 0 Å². The number of nitrogens with zero attached hydrogens (tertiary/aromatic N) is 1. The maximum atomic E-state index is 5.41. The first kappa shape index (κ1) is 12.1. The summed E-state index contributed by atoms with van der Waals surface area (Å²) in [6.45, 7) is 6.35. The second-order valence-corrected chi connectivity index (χ2v) is 4.08. The van der Waals surface area contributed by atoms with Crippen molar-refractivity contribution >= 4 is 0 Å². The van der Waals surface area contributed by atoms with Crippen LogP contribution in [0.4, 0.5) is 0 Å². The predicted molar refractivity (Wildman–Crippen MR) is 66.6 cm³/mol. The van der Waals surface area contributed by atoms with Crippen LogP contribution in [0.1, 0.15) is 33.1 Å². The molecule has 82 valence electrons. The van der Waals surface area contributed by atoms with Gasteiger partial charge in [-0.15, -0.1) is 6.42 Å². The first-order chi connectivity index (χ1) is 7.29. The van der Waals surface area contributed by atoms with E-state index < -0.39 is 0 Å². The Morgan fingerprint density at radius 2 is 2.40 bits per heavy atom. The van der Waals surface area contributed by atoms with Gasteiger partial charge < -0.3 is 0 Å². The van der Waals surface area contributed by atoms with E-state index in [2.05, 4.69) is 42.9 Å². The first-order valence-corrected chi connectivity index (χ1v) is 5.82. The average molecular weight is 203 g/mol. The molecule has 1 heteroatoms. The molecule has 0 amide bonds. The van der Waals surface area contributed by atoms with Crippen LogP contribution in [0.2, 0.25) is 0 Å². The van der Waals surface area contributed by atoms with Gasteiger partial charge in [-0.1, -0.05) is 37.5 Å². The van der Waals surface area contributed by atoms with Crippen molar-refractivity contribution in [2.24, 2.45) is 0 Å². The molecule has 0 aromatic heterocycles. The Labute approximate surface area is 93.9 Å². The molecule has 0 saturated heterocycles. The molecule has 1 nitrogen and oxygen atoms in total. The van der Waals surface area contributed by atoms with E-state index in [0.717, 1.165) is 19.5 Å². The summed E-state index contributed by atoms with van der Waals surface area (Å²) in [6, 6.07) is 0.489. The molecule has 0 aromatic carbocycles. The molecule has 0 fully saturated rings. The molecule has 0 N–H and O–H groups in total. The average Bonchev–Trinajstić information content (AvgIpc) is 2.76. The lowest BCUT2D eigenvalue weighted by molar-refractivity contribution is 0.256. The van der Waals surface area contributed by atoms with Crippen LogP contribution in [0.25, 0.3) is 0 Å². The third-order valence-electron chi connectivity index (χ3n) is 2.98. The molecule has 1 unspecified atom stereocenters. The topological polar surface area (TPSA) is 3.24 Å². The molecule has 0 aliphatic heterocycles. The van der Waals surface area contributed by atoms with Gasteiger partial charge in [0.05, 0.1) is 6.54 Å². The van der Waals surface area contributed by atoms with Gasteiger partial charge in [0.2, 0.25) is 0 Å². The maximum Gasteiger partial charge on any atom is 0.0603 e. The van der Waals surface area contributed by atoms with Crippen molar-refractivity contribution in [3.63, 3.8) is 0 Å². The summed E-state index contributed by atoms with van der Waals surface area (Å²) in [4.78, 5) is 2.39. The Bertz CT molecular complexity index is 280. The molecular weight excluding hydrogens is 182 g/mol. The van der Waals surface area contributed by atoms with Crippen LogP contribution in [0.3, 0.4) is 0 Å². The lowest BCUT2D eigenvalue weighted by atomic mass is 10.1. The van der Waals surface area contributed by atoms with E-state index >= 15 is 0 Å². The molecule has 15 heavy (non-hydrogen) atoms. The van der Waals surface area contributed by atoms with Crippen molar-refractivity contribution in [3.05, 3.63) is 23.8 Å². The lowest BCUT2D eigenvalue weighted by Crippen LogP contribution is -2.35. The minimum Gasteiger partial charge on any atom is -0.286 e. The van der Waals surface area contributed by atoms with Gasteiger partial charge >= 0.3 is 0 Å². The molecule has 1 aliphatic rings. The minimum atomic E-state index is 0.489. The van der Waals surface area contributed by atoms with Crippen LogP contribution in [0, 0.1) is 12.3 Å². The smallest absolute Gasteiger partial charge is 0.0603 e. The highest BCUT2D eigenvalue weighted by Gasteiger charge is 2.16. The standard InChI is InChI=1S/C14H21N/c1-4-6-12-15(11-5-2)13(3)14-9-7-8-10-14/h2,7-9,13H,4,6,10-12H2,1,3H3. The summed E-state index contributed by atoms with van der Waals surface area (Å²) in [5.41, 5.74) is 1.49. The van der Waals surface area contributed by atoms with E-state index in [1.165, 1.54) is 18.4 Å². The van der Waals surface area contributed by atoms with Crippen molar-refractivity contribution in [2.75, 3.05) is 13.1 Å². The number of hydrogen-bond acceptors (Lipinski definition) is 1. The van der Waals surface area contributed by atoms with Gasteiger partial charge in [-0.3, -0.25) is 4.90 Å². The summed E-state index contributed by atoms with van der Waals surface area (Å²) in [7, 11) is 0.